The second-order valence-electron chi connectivity index (χ2n) is 3.82. The van der Waals surface area contributed by atoms with Gasteiger partial charge in [-0.2, -0.15) is 0 Å². The van der Waals surface area contributed by atoms with Gasteiger partial charge < -0.3 is 4.74 Å². The van der Waals surface area contributed by atoms with Crippen molar-refractivity contribution in [3.05, 3.63) is 35.9 Å². The maximum atomic E-state index is 8.50. The van der Waals surface area contributed by atoms with Gasteiger partial charge in [0, 0.05) is 13.2 Å². The molecule has 1 aromatic rings. The molecule has 1 aromatic carbocycles. The summed E-state index contributed by atoms with van der Waals surface area (Å²) in [6.45, 7) is 3.86. The zero-order chi connectivity index (χ0) is 12.3. The second kappa shape index (κ2) is 11.0. The molecule has 0 atom stereocenters. The number of nitrogens with one attached hydrogen (secondary N) is 1. The number of halogens is 1. The van der Waals surface area contributed by atoms with E-state index in [1.807, 2.05) is 23.7 Å². The van der Waals surface area contributed by atoms with Crippen molar-refractivity contribution in [2.75, 3.05) is 13.2 Å². The van der Waals surface area contributed by atoms with Gasteiger partial charge >= 0.3 is 0 Å². The highest BCUT2D eigenvalue weighted by Crippen LogP contribution is 2.01. The van der Waals surface area contributed by atoms with Crippen LogP contribution in [-0.4, -0.2) is 24.2 Å². The Labute approximate surface area is 114 Å². The highest BCUT2D eigenvalue weighted by Gasteiger charge is 1.92. The lowest BCUT2D eigenvalue weighted by Crippen LogP contribution is -2.15. The van der Waals surface area contributed by atoms with Crippen molar-refractivity contribution in [1.82, 2.24) is 5.48 Å². The van der Waals surface area contributed by atoms with E-state index in [2.05, 4.69) is 17.1 Å². The fourth-order valence-electron chi connectivity index (χ4n) is 1.36. The van der Waals surface area contributed by atoms with Crippen molar-refractivity contribution in [1.29, 1.82) is 0 Å². The monoisotopic (exact) mass is 272 g/mol. The van der Waals surface area contributed by atoms with E-state index in [1.54, 1.807) is 6.92 Å². The number of hydrogen-bond acceptors (Lipinski definition) is 3. The summed E-state index contributed by atoms with van der Waals surface area (Å²) in [7, 11) is 0. The molecule has 0 saturated heterocycles. The molecule has 18 heavy (non-hydrogen) atoms. The second-order valence-corrected chi connectivity index (χ2v) is 3.82. The minimum atomic E-state index is 0. The molecule has 2 N–H and O–H groups in total. The average Bonchev–Trinajstić information content (AvgIpc) is 2.38. The summed E-state index contributed by atoms with van der Waals surface area (Å²) in [6, 6.07) is 10.1. The van der Waals surface area contributed by atoms with Gasteiger partial charge in [-0.15, -0.1) is 12.4 Å². The molecular formula is C13H21ClN2O2. The Balaban J connectivity index is 0.00000289. The van der Waals surface area contributed by atoms with Gasteiger partial charge in [0.15, 0.2) is 0 Å². The fourth-order valence-corrected chi connectivity index (χ4v) is 1.36. The molecule has 0 amide bonds. The van der Waals surface area contributed by atoms with Gasteiger partial charge in [0.25, 0.3) is 0 Å². The summed E-state index contributed by atoms with van der Waals surface area (Å²) in [5.41, 5.74) is 3.21. The predicted molar refractivity (Wildman–Crippen MR) is 75.5 cm³/mol. The smallest absolute Gasteiger partial charge is 0.117 e. The number of hydrogen-bond donors (Lipinski definition) is 2. The van der Waals surface area contributed by atoms with Crippen LogP contribution in [0.4, 0.5) is 0 Å². The quantitative estimate of drug-likeness (QED) is 0.347. The van der Waals surface area contributed by atoms with Crippen LogP contribution in [0.2, 0.25) is 0 Å². The number of rotatable bonds is 7. The van der Waals surface area contributed by atoms with E-state index in [-0.39, 0.29) is 12.4 Å². The summed E-state index contributed by atoms with van der Waals surface area (Å²) in [5, 5.41) is 8.50. The summed E-state index contributed by atoms with van der Waals surface area (Å²) in [5.74, 6) is 0.551. The molecule has 0 aromatic heterocycles. The topological polar surface area (TPSA) is 53.8 Å². The normalized spacial score (nSPS) is 10.9. The SMILES string of the molecule is CC(=NCCCCOCc1ccccc1)NO.Cl. The highest BCUT2D eigenvalue weighted by molar-refractivity contribution is 5.85. The van der Waals surface area contributed by atoms with Crippen LogP contribution in [-0.2, 0) is 11.3 Å². The van der Waals surface area contributed by atoms with Crippen LogP contribution < -0.4 is 5.48 Å². The van der Waals surface area contributed by atoms with E-state index in [1.165, 1.54) is 5.56 Å². The van der Waals surface area contributed by atoms with Crippen molar-refractivity contribution in [3.8, 4) is 0 Å². The Hall–Kier alpha value is -1.10. The zero-order valence-electron chi connectivity index (χ0n) is 10.6. The van der Waals surface area contributed by atoms with Crippen molar-refractivity contribution in [3.63, 3.8) is 0 Å². The maximum Gasteiger partial charge on any atom is 0.117 e. The Bertz CT molecular complexity index is 331. The molecule has 0 unspecified atom stereocenters. The minimum Gasteiger partial charge on any atom is -0.377 e. The number of benzene rings is 1. The number of hydroxylamine groups is 1. The summed E-state index contributed by atoms with van der Waals surface area (Å²) in [4.78, 5) is 4.10. The van der Waals surface area contributed by atoms with Gasteiger partial charge in [-0.25, -0.2) is 0 Å². The van der Waals surface area contributed by atoms with Gasteiger partial charge in [-0.1, -0.05) is 30.3 Å². The molecule has 0 spiro atoms. The summed E-state index contributed by atoms with van der Waals surface area (Å²) < 4.78 is 5.54. The van der Waals surface area contributed by atoms with Crippen molar-refractivity contribution in [2.24, 2.45) is 4.99 Å². The van der Waals surface area contributed by atoms with Gasteiger partial charge in [0.05, 0.1) is 6.61 Å². The van der Waals surface area contributed by atoms with Crippen LogP contribution in [0.15, 0.2) is 35.3 Å². The molecule has 0 bridgehead atoms. The van der Waals surface area contributed by atoms with Gasteiger partial charge in [-0.05, 0) is 25.3 Å². The minimum absolute atomic E-state index is 0. The predicted octanol–water partition coefficient (Wildman–Crippen LogP) is 2.80. The van der Waals surface area contributed by atoms with E-state index in [0.29, 0.717) is 19.0 Å². The molecule has 0 radical (unpaired) electrons. The standard InChI is InChI=1S/C13H20N2O2.ClH/c1-12(15-16)14-9-5-6-10-17-11-13-7-3-2-4-8-13;/h2-4,7-8,16H,5-6,9-11H2,1H3,(H,14,15);1H. The molecular weight excluding hydrogens is 252 g/mol. The Morgan fingerprint density at radius 3 is 2.67 bits per heavy atom. The molecule has 0 heterocycles. The van der Waals surface area contributed by atoms with Crippen molar-refractivity contribution in [2.45, 2.75) is 26.4 Å². The van der Waals surface area contributed by atoms with E-state index >= 15 is 0 Å². The summed E-state index contributed by atoms with van der Waals surface area (Å²) in [6.07, 6.45) is 1.95. The van der Waals surface area contributed by atoms with Crippen LogP contribution in [0.5, 0.6) is 0 Å². The molecule has 4 nitrogen and oxygen atoms in total. The summed E-state index contributed by atoms with van der Waals surface area (Å²) >= 11 is 0. The molecule has 1 rings (SSSR count). The van der Waals surface area contributed by atoms with Crippen LogP contribution >= 0.6 is 12.4 Å². The first-order chi connectivity index (χ1) is 8.33. The molecule has 0 aliphatic rings. The van der Waals surface area contributed by atoms with Crippen LogP contribution in [0, 0.1) is 0 Å². The van der Waals surface area contributed by atoms with E-state index in [0.717, 1.165) is 19.4 Å². The van der Waals surface area contributed by atoms with E-state index in [9.17, 15) is 0 Å². The molecule has 0 fully saturated rings. The van der Waals surface area contributed by atoms with Gasteiger partial charge in [-0.3, -0.25) is 15.7 Å². The Morgan fingerprint density at radius 1 is 1.28 bits per heavy atom. The van der Waals surface area contributed by atoms with Crippen molar-refractivity contribution < 1.29 is 9.94 Å². The Morgan fingerprint density at radius 2 is 2.00 bits per heavy atom. The number of amidine groups is 1. The third-order valence-electron chi connectivity index (χ3n) is 2.32. The first-order valence-electron chi connectivity index (χ1n) is 5.86. The first-order valence-corrected chi connectivity index (χ1v) is 5.86. The average molecular weight is 273 g/mol. The third-order valence-corrected chi connectivity index (χ3v) is 2.32. The molecule has 0 aliphatic carbocycles. The van der Waals surface area contributed by atoms with Crippen LogP contribution in [0.1, 0.15) is 25.3 Å². The van der Waals surface area contributed by atoms with Crippen molar-refractivity contribution >= 4 is 18.2 Å². The third kappa shape index (κ3) is 8.06. The van der Waals surface area contributed by atoms with E-state index < -0.39 is 0 Å². The van der Waals surface area contributed by atoms with Crippen LogP contribution in [0.25, 0.3) is 0 Å². The highest BCUT2D eigenvalue weighted by atomic mass is 35.5. The molecule has 102 valence electrons. The largest absolute Gasteiger partial charge is 0.377 e. The lowest BCUT2D eigenvalue weighted by atomic mass is 10.2. The lowest BCUT2D eigenvalue weighted by Gasteiger charge is -2.03. The first kappa shape index (κ1) is 16.9. The maximum absolute atomic E-state index is 8.50. The molecule has 5 heteroatoms. The fraction of sp³-hybridized carbons (Fsp3) is 0.462. The van der Waals surface area contributed by atoms with E-state index in [4.69, 9.17) is 9.94 Å². The zero-order valence-corrected chi connectivity index (χ0v) is 11.4. The number of nitrogens with zero attached hydrogens (tertiary/aromatic N) is 1. The lowest BCUT2D eigenvalue weighted by molar-refractivity contribution is 0.117. The van der Waals surface area contributed by atoms with Crippen LogP contribution in [0.3, 0.4) is 0 Å². The van der Waals surface area contributed by atoms with Gasteiger partial charge in [0.2, 0.25) is 0 Å². The Kier molecular flexibility index (Phi) is 10.3. The van der Waals surface area contributed by atoms with Gasteiger partial charge in [0.1, 0.15) is 5.84 Å². The number of ether oxygens (including phenoxy) is 1. The molecule has 0 saturated carbocycles. The molecule has 0 aliphatic heterocycles. The number of unbranched alkanes of at least 4 members (excludes halogenated alkanes) is 1. The number of aliphatic imine (C=N–C) groups is 1.